The van der Waals surface area contributed by atoms with Crippen LogP contribution in [0.2, 0.25) is 0 Å². The number of carbonyl (C=O) groups is 3. The van der Waals surface area contributed by atoms with Crippen molar-refractivity contribution < 1.29 is 22.8 Å². The molecule has 0 aliphatic rings. The van der Waals surface area contributed by atoms with Crippen LogP contribution in [0.5, 0.6) is 0 Å². The van der Waals surface area contributed by atoms with Crippen LogP contribution in [0, 0.1) is 6.92 Å². The Balaban J connectivity index is 1.94. The predicted molar refractivity (Wildman–Crippen MR) is 107 cm³/mol. The number of benzene rings is 2. The highest BCUT2D eigenvalue weighted by Gasteiger charge is 2.23. The summed E-state index contributed by atoms with van der Waals surface area (Å²) in [6.07, 6.45) is 0. The normalized spacial score (nSPS) is 11.0. The van der Waals surface area contributed by atoms with Crippen molar-refractivity contribution in [3.05, 3.63) is 59.7 Å². The molecule has 0 bridgehead atoms. The number of aryl methyl sites for hydroxylation is 1. The lowest BCUT2D eigenvalue weighted by atomic mass is 10.1. The van der Waals surface area contributed by atoms with Crippen molar-refractivity contribution in [3.8, 4) is 0 Å². The summed E-state index contributed by atoms with van der Waals surface area (Å²) in [6.45, 7) is 2.73. The summed E-state index contributed by atoms with van der Waals surface area (Å²) in [7, 11) is -2.68. The summed E-state index contributed by atoms with van der Waals surface area (Å²) in [4.78, 5) is 35.0. The van der Waals surface area contributed by atoms with Gasteiger partial charge in [-0.3, -0.25) is 25.2 Å². The van der Waals surface area contributed by atoms with E-state index in [9.17, 15) is 22.8 Å². The van der Waals surface area contributed by atoms with Crippen LogP contribution >= 0.6 is 0 Å². The van der Waals surface area contributed by atoms with Crippen molar-refractivity contribution in [2.45, 2.75) is 18.7 Å². The number of carbonyl (C=O) groups excluding carboxylic acids is 3. The zero-order valence-electron chi connectivity index (χ0n) is 16.2. The van der Waals surface area contributed by atoms with E-state index in [4.69, 9.17) is 0 Å². The van der Waals surface area contributed by atoms with E-state index in [1.165, 1.54) is 38.2 Å². The molecule has 29 heavy (non-hydrogen) atoms. The van der Waals surface area contributed by atoms with Gasteiger partial charge in [-0.2, -0.15) is 4.31 Å². The van der Waals surface area contributed by atoms with Gasteiger partial charge in [-0.25, -0.2) is 8.42 Å². The lowest BCUT2D eigenvalue weighted by Gasteiger charge is -2.17. The van der Waals surface area contributed by atoms with Crippen molar-refractivity contribution in [2.75, 3.05) is 18.9 Å². The van der Waals surface area contributed by atoms with Crippen LogP contribution < -0.4 is 16.2 Å². The minimum atomic E-state index is -3.93. The molecule has 2 rings (SSSR count). The van der Waals surface area contributed by atoms with E-state index in [1.807, 2.05) is 6.92 Å². The van der Waals surface area contributed by atoms with Gasteiger partial charge in [-0.05, 0) is 43.3 Å². The molecule has 3 N–H and O–H groups in total. The van der Waals surface area contributed by atoms with Crippen molar-refractivity contribution in [1.29, 1.82) is 0 Å². The molecule has 0 aromatic heterocycles. The van der Waals surface area contributed by atoms with Crippen molar-refractivity contribution in [3.63, 3.8) is 0 Å². The molecule has 154 valence electrons. The first-order valence-corrected chi connectivity index (χ1v) is 10.0. The molecule has 2 aromatic carbocycles. The number of hydrogen-bond donors (Lipinski definition) is 3. The fraction of sp³-hybridized carbons (Fsp3) is 0.211. The average molecular weight is 418 g/mol. The summed E-state index contributed by atoms with van der Waals surface area (Å²) in [5, 5.41) is 2.54. The topological polar surface area (TPSA) is 125 Å². The van der Waals surface area contributed by atoms with Crippen LogP contribution in [0.1, 0.15) is 22.8 Å². The van der Waals surface area contributed by atoms with Gasteiger partial charge in [0, 0.05) is 25.2 Å². The lowest BCUT2D eigenvalue weighted by Crippen LogP contribution is -2.46. The zero-order valence-corrected chi connectivity index (χ0v) is 17.0. The molecule has 0 saturated carbocycles. The van der Waals surface area contributed by atoms with Crippen LogP contribution in [0.3, 0.4) is 0 Å². The van der Waals surface area contributed by atoms with Gasteiger partial charge < -0.3 is 5.32 Å². The largest absolute Gasteiger partial charge is 0.326 e. The second kappa shape index (κ2) is 9.30. The molecule has 0 fully saturated rings. The molecule has 0 saturated heterocycles. The van der Waals surface area contributed by atoms with Crippen LogP contribution in [0.4, 0.5) is 5.69 Å². The van der Waals surface area contributed by atoms with Crippen molar-refractivity contribution >= 4 is 33.4 Å². The highest BCUT2D eigenvalue weighted by Crippen LogP contribution is 2.17. The first kappa shape index (κ1) is 22.1. The number of likely N-dealkylation sites (N-methyl/N-ethyl adjacent to an activating group) is 1. The first-order valence-electron chi connectivity index (χ1n) is 8.59. The van der Waals surface area contributed by atoms with E-state index < -0.39 is 28.4 Å². The van der Waals surface area contributed by atoms with Gasteiger partial charge >= 0.3 is 0 Å². The van der Waals surface area contributed by atoms with Crippen molar-refractivity contribution in [1.82, 2.24) is 15.2 Å². The molecule has 0 radical (unpaired) electrons. The Labute approximate surface area is 169 Å². The maximum absolute atomic E-state index is 12.6. The highest BCUT2D eigenvalue weighted by molar-refractivity contribution is 7.89. The molecule has 0 unspecified atom stereocenters. The molecule has 9 nitrogen and oxygen atoms in total. The van der Waals surface area contributed by atoms with Gasteiger partial charge in [0.1, 0.15) is 0 Å². The lowest BCUT2D eigenvalue weighted by molar-refractivity contribution is -0.121. The third kappa shape index (κ3) is 6.13. The number of nitrogens with zero attached hydrogens (tertiary/aromatic N) is 1. The van der Waals surface area contributed by atoms with E-state index >= 15 is 0 Å². The summed E-state index contributed by atoms with van der Waals surface area (Å²) in [6, 6.07) is 12.3. The molecule has 10 heteroatoms. The molecule has 0 atom stereocenters. The Morgan fingerprint density at radius 1 is 0.931 bits per heavy atom. The van der Waals surface area contributed by atoms with Gasteiger partial charge in [-0.1, -0.05) is 17.7 Å². The van der Waals surface area contributed by atoms with Gasteiger partial charge in [0.15, 0.2) is 0 Å². The van der Waals surface area contributed by atoms with E-state index in [0.717, 1.165) is 9.87 Å². The number of nitrogens with one attached hydrogen (secondary N) is 3. The van der Waals surface area contributed by atoms with E-state index in [-0.39, 0.29) is 10.8 Å². The second-order valence-electron chi connectivity index (χ2n) is 6.33. The van der Waals surface area contributed by atoms with Crippen LogP contribution in [0.25, 0.3) is 0 Å². The third-order valence-electron chi connectivity index (χ3n) is 3.88. The molecule has 0 spiro atoms. The Hall–Kier alpha value is -3.24. The molecular weight excluding hydrogens is 396 g/mol. The predicted octanol–water partition coefficient (Wildman–Crippen LogP) is 1.04. The number of hydrogen-bond acceptors (Lipinski definition) is 5. The Morgan fingerprint density at radius 3 is 2.07 bits per heavy atom. The Morgan fingerprint density at radius 2 is 1.52 bits per heavy atom. The molecule has 3 amide bonds. The Kier molecular flexibility index (Phi) is 7.08. The zero-order chi connectivity index (χ0) is 21.6. The minimum Gasteiger partial charge on any atom is -0.326 e. The summed E-state index contributed by atoms with van der Waals surface area (Å²) < 4.78 is 26.0. The average Bonchev–Trinajstić information content (AvgIpc) is 2.66. The van der Waals surface area contributed by atoms with Gasteiger partial charge in [0.25, 0.3) is 11.8 Å². The fourth-order valence-corrected chi connectivity index (χ4v) is 3.45. The van der Waals surface area contributed by atoms with E-state index in [1.54, 1.807) is 24.3 Å². The second-order valence-corrected chi connectivity index (χ2v) is 8.38. The number of amides is 3. The molecule has 0 aliphatic carbocycles. The van der Waals surface area contributed by atoms with Gasteiger partial charge in [0.05, 0.1) is 11.4 Å². The highest BCUT2D eigenvalue weighted by atomic mass is 32.2. The molecule has 0 heterocycles. The maximum atomic E-state index is 12.6. The SMILES string of the molecule is CC(=O)Nc1ccc(S(=O)(=O)N(C)CC(=O)NNC(=O)c2ccc(C)cc2)cc1. The number of sulfonamides is 1. The van der Waals surface area contributed by atoms with Gasteiger partial charge in [0.2, 0.25) is 15.9 Å². The molecule has 0 aliphatic heterocycles. The summed E-state index contributed by atoms with van der Waals surface area (Å²) >= 11 is 0. The Bertz CT molecular complexity index is 1000. The van der Waals surface area contributed by atoms with Crippen molar-refractivity contribution in [2.24, 2.45) is 0 Å². The fourth-order valence-electron chi connectivity index (χ4n) is 2.32. The standard InChI is InChI=1S/C19H22N4O5S/c1-13-4-6-15(7-5-13)19(26)22-21-18(25)12-23(3)29(27,28)17-10-8-16(9-11-17)20-14(2)24/h4-11H,12H2,1-3H3,(H,20,24)(H,21,25)(H,22,26). The number of rotatable bonds is 6. The third-order valence-corrected chi connectivity index (χ3v) is 5.70. The van der Waals surface area contributed by atoms with Gasteiger partial charge in [-0.15, -0.1) is 0 Å². The maximum Gasteiger partial charge on any atom is 0.269 e. The monoisotopic (exact) mass is 418 g/mol. The van der Waals surface area contributed by atoms with E-state index in [2.05, 4.69) is 16.2 Å². The number of hydrazine groups is 1. The number of anilines is 1. The van der Waals surface area contributed by atoms with Crippen LogP contribution in [-0.4, -0.2) is 44.0 Å². The van der Waals surface area contributed by atoms with E-state index in [0.29, 0.717) is 11.3 Å². The van der Waals surface area contributed by atoms with Crippen LogP contribution in [0.15, 0.2) is 53.4 Å². The summed E-state index contributed by atoms with van der Waals surface area (Å²) in [5.41, 5.74) is 6.23. The summed E-state index contributed by atoms with van der Waals surface area (Å²) in [5.74, 6) is -1.49. The molecule has 2 aromatic rings. The smallest absolute Gasteiger partial charge is 0.269 e. The quantitative estimate of drug-likeness (QED) is 0.605. The van der Waals surface area contributed by atoms with Crippen LogP contribution in [-0.2, 0) is 19.6 Å². The first-order chi connectivity index (χ1) is 13.6. The minimum absolute atomic E-state index is 0.0365. The molecular formula is C19H22N4O5S.